The van der Waals surface area contributed by atoms with Crippen LogP contribution in [0.2, 0.25) is 0 Å². The molecule has 0 radical (unpaired) electrons. The van der Waals surface area contributed by atoms with Crippen molar-refractivity contribution in [1.29, 1.82) is 0 Å². The summed E-state index contributed by atoms with van der Waals surface area (Å²) in [5, 5.41) is 4.12. The van der Waals surface area contributed by atoms with Gasteiger partial charge in [0.25, 0.3) is 0 Å². The van der Waals surface area contributed by atoms with Gasteiger partial charge in [-0.25, -0.2) is 4.52 Å². The first kappa shape index (κ1) is 8.94. The van der Waals surface area contributed by atoms with Crippen LogP contribution < -0.4 is 0 Å². The molecule has 0 aliphatic heterocycles. The van der Waals surface area contributed by atoms with Crippen molar-refractivity contribution in [2.75, 3.05) is 0 Å². The highest BCUT2D eigenvalue weighted by Crippen LogP contribution is 2.10. The molecule has 2 rings (SSSR count). The largest absolute Gasteiger partial charge is 0.292 e. The zero-order valence-electron chi connectivity index (χ0n) is 8.27. The van der Waals surface area contributed by atoms with Crippen LogP contribution in [0.3, 0.4) is 0 Å². The molecule has 0 amide bonds. The summed E-state index contributed by atoms with van der Waals surface area (Å²) in [6, 6.07) is 7.51. The molecule has 0 aliphatic carbocycles. The Labute approximate surface area is 82.4 Å². The maximum absolute atomic E-state index is 11.8. The third-order valence-electron chi connectivity index (χ3n) is 2.20. The van der Waals surface area contributed by atoms with Crippen molar-refractivity contribution in [3.05, 3.63) is 36.2 Å². The third-order valence-corrected chi connectivity index (χ3v) is 2.20. The Morgan fingerprint density at radius 3 is 2.86 bits per heavy atom. The molecular formula is C11H12N2O. The molecule has 72 valence electrons. The third kappa shape index (κ3) is 1.31. The zero-order chi connectivity index (χ0) is 10.1. The van der Waals surface area contributed by atoms with E-state index in [0.717, 1.165) is 5.52 Å². The lowest BCUT2D eigenvalue weighted by molar-refractivity contribution is 0.0932. The average molecular weight is 188 g/mol. The fraction of sp³-hybridized carbons (Fsp3) is 0.273. The molecule has 0 unspecified atom stereocenters. The summed E-state index contributed by atoms with van der Waals surface area (Å²) >= 11 is 0. The van der Waals surface area contributed by atoms with Gasteiger partial charge in [-0.1, -0.05) is 19.9 Å². The maximum Gasteiger partial charge on any atom is 0.183 e. The Balaban J connectivity index is 2.62. The summed E-state index contributed by atoms with van der Waals surface area (Å²) in [5.74, 6) is 0.129. The van der Waals surface area contributed by atoms with Gasteiger partial charge >= 0.3 is 0 Å². The molecule has 0 saturated carbocycles. The predicted octanol–water partition coefficient (Wildman–Crippen LogP) is 2.17. The number of carbonyl (C=O) groups is 1. The molecule has 2 aromatic rings. The number of hydrogen-bond acceptors (Lipinski definition) is 2. The topological polar surface area (TPSA) is 34.4 Å². The van der Waals surface area contributed by atoms with Crippen molar-refractivity contribution in [2.24, 2.45) is 5.92 Å². The molecule has 0 spiro atoms. The van der Waals surface area contributed by atoms with Gasteiger partial charge in [0.05, 0.1) is 11.7 Å². The zero-order valence-corrected chi connectivity index (χ0v) is 8.27. The molecule has 0 N–H and O–H groups in total. The molecule has 0 bridgehead atoms. The van der Waals surface area contributed by atoms with Crippen LogP contribution in [0.1, 0.15) is 24.3 Å². The van der Waals surface area contributed by atoms with Crippen LogP contribution in [0.5, 0.6) is 0 Å². The molecule has 14 heavy (non-hydrogen) atoms. The summed E-state index contributed by atoms with van der Waals surface area (Å²) in [7, 11) is 0. The molecule has 3 nitrogen and oxygen atoms in total. The Bertz CT molecular complexity index is 471. The highest BCUT2D eigenvalue weighted by atomic mass is 16.1. The molecule has 2 aromatic heterocycles. The smallest absolute Gasteiger partial charge is 0.183 e. The van der Waals surface area contributed by atoms with E-state index >= 15 is 0 Å². The fourth-order valence-electron chi connectivity index (χ4n) is 1.43. The van der Waals surface area contributed by atoms with Gasteiger partial charge in [0.15, 0.2) is 5.78 Å². The second-order valence-electron chi connectivity index (χ2n) is 3.60. The van der Waals surface area contributed by atoms with Crippen LogP contribution in [0, 0.1) is 5.92 Å². The lowest BCUT2D eigenvalue weighted by Gasteiger charge is -2.05. The van der Waals surface area contributed by atoms with E-state index in [1.165, 1.54) is 0 Å². The van der Waals surface area contributed by atoms with E-state index in [-0.39, 0.29) is 11.7 Å². The Morgan fingerprint density at radius 2 is 2.14 bits per heavy atom. The van der Waals surface area contributed by atoms with E-state index in [1.54, 1.807) is 10.7 Å². The van der Waals surface area contributed by atoms with E-state index in [4.69, 9.17) is 0 Å². The van der Waals surface area contributed by atoms with Crippen molar-refractivity contribution in [1.82, 2.24) is 9.61 Å². The summed E-state index contributed by atoms with van der Waals surface area (Å²) in [5.41, 5.74) is 1.61. The number of rotatable bonds is 2. The molecule has 0 atom stereocenters. The van der Waals surface area contributed by atoms with Gasteiger partial charge in [0, 0.05) is 5.92 Å². The molecule has 0 aromatic carbocycles. The first-order valence-electron chi connectivity index (χ1n) is 4.67. The van der Waals surface area contributed by atoms with Gasteiger partial charge in [-0.3, -0.25) is 4.79 Å². The van der Waals surface area contributed by atoms with Crippen LogP contribution >= 0.6 is 0 Å². The van der Waals surface area contributed by atoms with Crippen molar-refractivity contribution in [2.45, 2.75) is 13.8 Å². The van der Waals surface area contributed by atoms with Gasteiger partial charge < -0.3 is 0 Å². The van der Waals surface area contributed by atoms with Crippen molar-refractivity contribution >= 4 is 11.3 Å². The second-order valence-corrected chi connectivity index (χ2v) is 3.60. The van der Waals surface area contributed by atoms with Crippen molar-refractivity contribution < 1.29 is 4.79 Å². The van der Waals surface area contributed by atoms with Crippen LogP contribution in [-0.4, -0.2) is 15.4 Å². The summed E-state index contributed by atoms with van der Waals surface area (Å²) in [4.78, 5) is 11.8. The number of aromatic nitrogens is 2. The Morgan fingerprint density at radius 1 is 1.36 bits per heavy atom. The van der Waals surface area contributed by atoms with E-state index < -0.39 is 0 Å². The van der Waals surface area contributed by atoms with Crippen molar-refractivity contribution in [3.8, 4) is 0 Å². The van der Waals surface area contributed by atoms with Crippen molar-refractivity contribution in [3.63, 3.8) is 0 Å². The summed E-state index contributed by atoms with van der Waals surface area (Å²) in [6.07, 6.45) is 1.70. The number of hydrogen-bond donors (Lipinski definition) is 0. The SMILES string of the molecule is CC(C)C(=O)c1cccc2ccnn12. The van der Waals surface area contributed by atoms with Crippen LogP contribution in [-0.2, 0) is 0 Å². The normalized spacial score (nSPS) is 11.1. The van der Waals surface area contributed by atoms with E-state index in [1.807, 2.05) is 38.1 Å². The fourth-order valence-corrected chi connectivity index (χ4v) is 1.43. The van der Waals surface area contributed by atoms with Crippen LogP contribution in [0.25, 0.3) is 5.52 Å². The number of ketones is 1. The van der Waals surface area contributed by atoms with E-state index in [9.17, 15) is 4.79 Å². The van der Waals surface area contributed by atoms with Gasteiger partial charge in [-0.05, 0) is 18.2 Å². The van der Waals surface area contributed by atoms with Gasteiger partial charge in [-0.15, -0.1) is 0 Å². The molecule has 2 heterocycles. The molecular weight excluding hydrogens is 176 g/mol. The van der Waals surface area contributed by atoms with Gasteiger partial charge in [0.2, 0.25) is 0 Å². The van der Waals surface area contributed by atoms with Crippen LogP contribution in [0.15, 0.2) is 30.5 Å². The minimum absolute atomic E-state index is 0.00444. The first-order chi connectivity index (χ1) is 6.70. The quantitative estimate of drug-likeness (QED) is 0.677. The maximum atomic E-state index is 11.8. The number of fused-ring (bicyclic) bond motifs is 1. The summed E-state index contributed by atoms with van der Waals surface area (Å²) in [6.45, 7) is 3.79. The Hall–Kier alpha value is -1.64. The standard InChI is InChI=1S/C11H12N2O/c1-8(2)11(14)10-5-3-4-9-6-7-12-13(9)10/h3-8H,1-2H3. The molecule has 0 aliphatic rings. The highest BCUT2D eigenvalue weighted by molar-refractivity contribution is 5.96. The van der Waals surface area contributed by atoms with Gasteiger partial charge in [-0.2, -0.15) is 5.10 Å². The number of pyridine rings is 1. The van der Waals surface area contributed by atoms with E-state index in [0.29, 0.717) is 5.69 Å². The average Bonchev–Trinajstić information content (AvgIpc) is 2.63. The highest BCUT2D eigenvalue weighted by Gasteiger charge is 2.13. The van der Waals surface area contributed by atoms with E-state index in [2.05, 4.69) is 5.10 Å². The predicted molar refractivity (Wildman–Crippen MR) is 54.4 cm³/mol. The Kier molecular flexibility index (Phi) is 2.08. The number of nitrogens with zero attached hydrogens (tertiary/aromatic N) is 2. The lowest BCUT2D eigenvalue weighted by Crippen LogP contribution is -2.12. The first-order valence-corrected chi connectivity index (χ1v) is 4.67. The minimum Gasteiger partial charge on any atom is -0.292 e. The minimum atomic E-state index is 0.00444. The molecule has 3 heteroatoms. The summed E-state index contributed by atoms with van der Waals surface area (Å²) < 4.78 is 1.68. The van der Waals surface area contributed by atoms with Gasteiger partial charge in [0.1, 0.15) is 5.69 Å². The monoisotopic (exact) mass is 188 g/mol. The van der Waals surface area contributed by atoms with Crippen LogP contribution in [0.4, 0.5) is 0 Å². The second kappa shape index (κ2) is 3.25. The number of carbonyl (C=O) groups excluding carboxylic acids is 1. The molecule has 0 fully saturated rings. The lowest BCUT2D eigenvalue weighted by atomic mass is 10.1. The number of Topliss-reactive ketones (excluding diaryl/α,β-unsaturated/α-hetero) is 1. The molecule has 0 saturated heterocycles.